The van der Waals surface area contributed by atoms with E-state index in [1.54, 1.807) is 0 Å². The fourth-order valence-electron chi connectivity index (χ4n) is 5.54. The summed E-state index contributed by atoms with van der Waals surface area (Å²) in [5.74, 6) is 2.78. The number of carbonyl (C=O) groups excluding carboxylic acids is 1. The van der Waals surface area contributed by atoms with Crippen molar-refractivity contribution in [3.63, 3.8) is 0 Å². The minimum absolute atomic E-state index is 0.0478. The molecule has 0 bridgehead atoms. The summed E-state index contributed by atoms with van der Waals surface area (Å²) in [6.07, 6.45) is 7.57. The van der Waals surface area contributed by atoms with Crippen LogP contribution in [0.25, 0.3) is 0 Å². The van der Waals surface area contributed by atoms with Crippen molar-refractivity contribution in [2.75, 3.05) is 0 Å². The Morgan fingerprint density at radius 3 is 2.90 bits per heavy atom. The van der Waals surface area contributed by atoms with Crippen molar-refractivity contribution in [2.24, 2.45) is 17.3 Å². The molecular formula is C19H24O2. The Kier molecular flexibility index (Phi) is 2.92. The third-order valence-electron chi connectivity index (χ3n) is 6.66. The van der Waals surface area contributed by atoms with E-state index in [4.69, 9.17) is 0 Å². The van der Waals surface area contributed by atoms with Gasteiger partial charge in [0.25, 0.3) is 0 Å². The van der Waals surface area contributed by atoms with Gasteiger partial charge in [-0.1, -0.05) is 13.0 Å². The molecule has 112 valence electrons. The molecule has 0 heterocycles. The highest BCUT2D eigenvalue weighted by molar-refractivity contribution is 5.85. The first-order chi connectivity index (χ1) is 10.1. The Bertz CT molecular complexity index is 591. The summed E-state index contributed by atoms with van der Waals surface area (Å²) in [5, 5.41) is 9.70. The third kappa shape index (κ3) is 1.88. The molecule has 2 nitrogen and oxygen atoms in total. The molecular weight excluding hydrogens is 260 g/mol. The summed E-state index contributed by atoms with van der Waals surface area (Å²) >= 11 is 0. The van der Waals surface area contributed by atoms with E-state index in [-0.39, 0.29) is 5.41 Å². The number of ketones is 1. The number of benzene rings is 1. The summed E-state index contributed by atoms with van der Waals surface area (Å²) in [6.45, 7) is 2.24. The predicted octanol–water partition coefficient (Wildman–Crippen LogP) is 4.21. The SMILES string of the molecule is C[C@@]12CC[C@@H]3c4ccc(O)cc4CC[C@H]3[C@@H]1CCCC2=O. The van der Waals surface area contributed by atoms with Gasteiger partial charge < -0.3 is 5.11 Å². The number of hydrogen-bond donors (Lipinski definition) is 1. The zero-order valence-electron chi connectivity index (χ0n) is 12.8. The molecule has 2 fully saturated rings. The molecule has 21 heavy (non-hydrogen) atoms. The van der Waals surface area contributed by atoms with Crippen molar-refractivity contribution in [1.29, 1.82) is 0 Å². The average molecular weight is 284 g/mol. The quantitative estimate of drug-likeness (QED) is 0.775. The Morgan fingerprint density at radius 1 is 1.19 bits per heavy atom. The lowest BCUT2D eigenvalue weighted by atomic mass is 9.50. The number of carbonyl (C=O) groups is 1. The van der Waals surface area contributed by atoms with Crippen LogP contribution in [0.5, 0.6) is 5.75 Å². The molecule has 0 unspecified atom stereocenters. The highest BCUT2D eigenvalue weighted by Crippen LogP contribution is 2.58. The number of fused-ring (bicyclic) bond motifs is 5. The Labute approximate surface area is 126 Å². The maximum atomic E-state index is 12.5. The molecule has 3 aliphatic carbocycles. The topological polar surface area (TPSA) is 37.3 Å². The van der Waals surface area contributed by atoms with Crippen molar-refractivity contribution >= 4 is 5.78 Å². The van der Waals surface area contributed by atoms with Crippen LogP contribution in [0.15, 0.2) is 18.2 Å². The summed E-state index contributed by atoms with van der Waals surface area (Å²) in [7, 11) is 0. The molecule has 1 aromatic carbocycles. The number of aryl methyl sites for hydroxylation is 1. The molecule has 1 aromatic rings. The second kappa shape index (κ2) is 4.59. The number of phenolic OH excluding ortho intramolecular Hbond substituents is 1. The van der Waals surface area contributed by atoms with Crippen LogP contribution in [-0.2, 0) is 11.2 Å². The van der Waals surface area contributed by atoms with Gasteiger partial charge in [0, 0.05) is 11.8 Å². The predicted molar refractivity (Wildman–Crippen MR) is 82.3 cm³/mol. The average Bonchev–Trinajstić information content (AvgIpc) is 2.48. The van der Waals surface area contributed by atoms with Gasteiger partial charge in [-0.2, -0.15) is 0 Å². The fraction of sp³-hybridized carbons (Fsp3) is 0.632. The van der Waals surface area contributed by atoms with Crippen molar-refractivity contribution in [3.8, 4) is 5.75 Å². The molecule has 2 heteroatoms. The summed E-state index contributed by atoms with van der Waals surface area (Å²) in [5.41, 5.74) is 2.74. The van der Waals surface area contributed by atoms with E-state index in [1.807, 2.05) is 12.1 Å². The van der Waals surface area contributed by atoms with Crippen LogP contribution in [0.4, 0.5) is 0 Å². The maximum absolute atomic E-state index is 12.5. The number of aromatic hydroxyl groups is 1. The van der Waals surface area contributed by atoms with Crippen molar-refractivity contribution < 1.29 is 9.90 Å². The molecule has 3 aliphatic rings. The van der Waals surface area contributed by atoms with E-state index in [9.17, 15) is 9.90 Å². The van der Waals surface area contributed by atoms with Crippen LogP contribution >= 0.6 is 0 Å². The summed E-state index contributed by atoms with van der Waals surface area (Å²) in [6, 6.07) is 5.92. The molecule has 0 amide bonds. The van der Waals surface area contributed by atoms with Gasteiger partial charge in [-0.25, -0.2) is 0 Å². The molecule has 0 aliphatic heterocycles. The van der Waals surface area contributed by atoms with Gasteiger partial charge in [0.05, 0.1) is 0 Å². The van der Waals surface area contributed by atoms with E-state index < -0.39 is 0 Å². The monoisotopic (exact) mass is 284 g/mol. The van der Waals surface area contributed by atoms with E-state index in [2.05, 4.69) is 13.0 Å². The molecule has 4 rings (SSSR count). The molecule has 0 spiro atoms. The zero-order chi connectivity index (χ0) is 14.6. The third-order valence-corrected chi connectivity index (χ3v) is 6.66. The minimum atomic E-state index is -0.0478. The highest BCUT2D eigenvalue weighted by Gasteiger charge is 2.52. The van der Waals surface area contributed by atoms with Gasteiger partial charge in [-0.15, -0.1) is 0 Å². The van der Waals surface area contributed by atoms with Gasteiger partial charge >= 0.3 is 0 Å². The number of hydrogen-bond acceptors (Lipinski definition) is 2. The number of phenols is 1. The standard InChI is InChI=1S/C19H24O2/c1-19-10-9-15-14-8-6-13(20)11-12(14)5-7-16(15)17(19)3-2-4-18(19)21/h6,8,11,15-17,20H,2-5,7,9-10H2,1H3/t15-,16-,17+,19-/m1/s1. The molecule has 0 radical (unpaired) electrons. The lowest BCUT2D eigenvalue weighted by Crippen LogP contribution is -2.49. The Balaban J connectivity index is 1.72. The maximum Gasteiger partial charge on any atom is 0.139 e. The Morgan fingerprint density at radius 2 is 2.05 bits per heavy atom. The minimum Gasteiger partial charge on any atom is -0.508 e. The van der Waals surface area contributed by atoms with Crippen LogP contribution in [-0.4, -0.2) is 10.9 Å². The van der Waals surface area contributed by atoms with Crippen LogP contribution in [0.1, 0.15) is 62.5 Å². The summed E-state index contributed by atoms with van der Waals surface area (Å²) in [4.78, 5) is 12.5. The molecule has 0 saturated heterocycles. The molecule has 2 saturated carbocycles. The van der Waals surface area contributed by atoms with E-state index >= 15 is 0 Å². The van der Waals surface area contributed by atoms with Crippen molar-refractivity contribution in [1.82, 2.24) is 0 Å². The van der Waals surface area contributed by atoms with Crippen LogP contribution in [0.3, 0.4) is 0 Å². The zero-order valence-corrected chi connectivity index (χ0v) is 12.8. The van der Waals surface area contributed by atoms with E-state index in [0.29, 0.717) is 29.3 Å². The van der Waals surface area contributed by atoms with Gasteiger partial charge in [0.2, 0.25) is 0 Å². The van der Waals surface area contributed by atoms with Gasteiger partial charge in [0.15, 0.2) is 0 Å². The van der Waals surface area contributed by atoms with E-state index in [1.165, 1.54) is 24.0 Å². The largest absolute Gasteiger partial charge is 0.508 e. The van der Waals surface area contributed by atoms with Gasteiger partial charge in [0.1, 0.15) is 11.5 Å². The fourth-order valence-corrected chi connectivity index (χ4v) is 5.54. The highest BCUT2D eigenvalue weighted by atomic mass is 16.3. The Hall–Kier alpha value is -1.31. The van der Waals surface area contributed by atoms with Crippen molar-refractivity contribution in [3.05, 3.63) is 29.3 Å². The molecule has 1 N–H and O–H groups in total. The summed E-state index contributed by atoms with van der Waals surface area (Å²) < 4.78 is 0. The molecule has 0 aromatic heterocycles. The molecule has 4 atom stereocenters. The lowest BCUT2D eigenvalue weighted by molar-refractivity contribution is -0.140. The lowest BCUT2D eigenvalue weighted by Gasteiger charge is -2.53. The van der Waals surface area contributed by atoms with E-state index in [0.717, 1.165) is 32.1 Å². The number of rotatable bonds is 0. The van der Waals surface area contributed by atoms with Gasteiger partial charge in [-0.05, 0) is 79.5 Å². The van der Waals surface area contributed by atoms with Crippen LogP contribution in [0, 0.1) is 17.3 Å². The second-order valence-electron chi connectivity index (χ2n) is 7.57. The van der Waals surface area contributed by atoms with Crippen molar-refractivity contribution in [2.45, 2.75) is 57.8 Å². The first kappa shape index (κ1) is 13.4. The smallest absolute Gasteiger partial charge is 0.139 e. The number of Topliss-reactive ketones (excluding diaryl/α,β-unsaturated/α-hetero) is 1. The first-order valence-electron chi connectivity index (χ1n) is 8.45. The normalized spacial score (nSPS) is 38.3. The first-order valence-corrected chi connectivity index (χ1v) is 8.45. The van der Waals surface area contributed by atoms with Gasteiger partial charge in [-0.3, -0.25) is 4.79 Å². The van der Waals surface area contributed by atoms with Crippen LogP contribution < -0.4 is 0 Å². The second-order valence-corrected chi connectivity index (χ2v) is 7.57. The van der Waals surface area contributed by atoms with Crippen LogP contribution in [0.2, 0.25) is 0 Å².